The van der Waals surface area contributed by atoms with Crippen LogP contribution < -0.4 is 5.73 Å². The summed E-state index contributed by atoms with van der Waals surface area (Å²) >= 11 is 3.50. The van der Waals surface area contributed by atoms with Crippen LogP contribution >= 0.6 is 15.9 Å². The number of benzene rings is 1. The highest BCUT2D eigenvalue weighted by molar-refractivity contribution is 9.10. The van der Waals surface area contributed by atoms with Gasteiger partial charge in [0.25, 0.3) is 0 Å². The summed E-state index contributed by atoms with van der Waals surface area (Å²) in [6, 6.07) is 7.12. The highest BCUT2D eigenvalue weighted by Gasteiger charge is 2.28. The van der Waals surface area contributed by atoms with Crippen molar-refractivity contribution < 1.29 is 0 Å². The number of aromatic nitrogens is 2. The van der Waals surface area contributed by atoms with Crippen LogP contribution in [0.4, 0.5) is 0 Å². The molecule has 2 N–H and O–H groups in total. The fourth-order valence-electron chi connectivity index (χ4n) is 2.29. The summed E-state index contributed by atoms with van der Waals surface area (Å²) in [6.07, 6.45) is 3.39. The molecule has 3 nitrogen and oxygen atoms in total. The number of imidazole rings is 1. The third-order valence-electron chi connectivity index (χ3n) is 3.14. The van der Waals surface area contributed by atoms with Crippen molar-refractivity contribution >= 4 is 27.0 Å². The Hall–Kier alpha value is -0.870. The van der Waals surface area contributed by atoms with Gasteiger partial charge in [0.05, 0.1) is 11.0 Å². The number of nitrogens with zero attached hydrogens (tertiary/aromatic N) is 2. The molecule has 0 spiro atoms. The van der Waals surface area contributed by atoms with E-state index in [0.717, 1.165) is 22.2 Å². The van der Waals surface area contributed by atoms with Crippen molar-refractivity contribution in [3.05, 3.63) is 28.5 Å². The van der Waals surface area contributed by atoms with E-state index in [2.05, 4.69) is 38.7 Å². The smallest absolute Gasteiger partial charge is 0.111 e. The third kappa shape index (κ3) is 2.11. The maximum absolute atomic E-state index is 5.90. The Morgan fingerprint density at radius 2 is 2.29 bits per heavy atom. The van der Waals surface area contributed by atoms with E-state index in [4.69, 9.17) is 10.7 Å². The lowest BCUT2D eigenvalue weighted by Gasteiger charge is -2.09. The fourth-order valence-corrected chi connectivity index (χ4v) is 2.64. The zero-order chi connectivity index (χ0) is 12.0. The molecule has 1 saturated carbocycles. The second-order valence-corrected chi connectivity index (χ2v) is 5.86. The summed E-state index contributed by atoms with van der Waals surface area (Å²) in [6.45, 7) is 2.03. The van der Waals surface area contributed by atoms with Crippen LogP contribution in [0.2, 0.25) is 0 Å². The Bertz CT molecular complexity index is 555. The molecule has 3 rings (SSSR count). The lowest BCUT2D eigenvalue weighted by molar-refractivity contribution is 0.639. The number of halogens is 1. The molecule has 0 bridgehead atoms. The van der Waals surface area contributed by atoms with Crippen LogP contribution in [-0.2, 0) is 6.42 Å². The van der Waals surface area contributed by atoms with Crippen LogP contribution in [0.25, 0.3) is 11.0 Å². The molecule has 1 aliphatic rings. The standard InChI is InChI=1S/C13H16BrN3/c1-8(15)6-13-16-11-7-9(14)2-5-12(11)17(13)10-3-4-10/h2,5,7-8,10H,3-4,6,15H2,1H3. The Kier molecular flexibility index (Phi) is 2.71. The van der Waals surface area contributed by atoms with Crippen LogP contribution in [0.15, 0.2) is 22.7 Å². The molecule has 1 aromatic carbocycles. The predicted molar refractivity (Wildman–Crippen MR) is 73.1 cm³/mol. The molecule has 1 unspecified atom stereocenters. The fraction of sp³-hybridized carbons (Fsp3) is 0.462. The van der Waals surface area contributed by atoms with Gasteiger partial charge < -0.3 is 10.3 Å². The van der Waals surface area contributed by atoms with Gasteiger partial charge in [-0.3, -0.25) is 0 Å². The Morgan fingerprint density at radius 1 is 1.53 bits per heavy atom. The molecule has 0 amide bonds. The van der Waals surface area contributed by atoms with Crippen LogP contribution in [0.1, 0.15) is 31.6 Å². The lowest BCUT2D eigenvalue weighted by Crippen LogP contribution is -2.20. The van der Waals surface area contributed by atoms with E-state index in [-0.39, 0.29) is 6.04 Å². The topological polar surface area (TPSA) is 43.8 Å². The highest BCUT2D eigenvalue weighted by atomic mass is 79.9. The van der Waals surface area contributed by atoms with Crippen molar-refractivity contribution in [3.8, 4) is 0 Å². The van der Waals surface area contributed by atoms with Gasteiger partial charge in [0.2, 0.25) is 0 Å². The number of nitrogens with two attached hydrogens (primary N) is 1. The zero-order valence-electron chi connectivity index (χ0n) is 9.86. The van der Waals surface area contributed by atoms with E-state index < -0.39 is 0 Å². The SMILES string of the molecule is CC(N)Cc1nc2cc(Br)ccc2n1C1CC1. The second kappa shape index (κ2) is 4.10. The van der Waals surface area contributed by atoms with Crippen LogP contribution in [0.5, 0.6) is 0 Å². The van der Waals surface area contributed by atoms with Crippen molar-refractivity contribution in [1.29, 1.82) is 0 Å². The molecule has 1 aromatic heterocycles. The van der Waals surface area contributed by atoms with Gasteiger partial charge in [0.15, 0.2) is 0 Å². The summed E-state index contributed by atoms with van der Waals surface area (Å²) in [5, 5.41) is 0. The van der Waals surface area contributed by atoms with E-state index in [1.54, 1.807) is 0 Å². The Morgan fingerprint density at radius 3 is 2.94 bits per heavy atom. The van der Waals surface area contributed by atoms with E-state index in [0.29, 0.717) is 6.04 Å². The maximum atomic E-state index is 5.90. The first-order chi connectivity index (χ1) is 8.15. The molecule has 4 heteroatoms. The van der Waals surface area contributed by atoms with Gasteiger partial charge in [0, 0.05) is 23.0 Å². The van der Waals surface area contributed by atoms with Gasteiger partial charge in [-0.25, -0.2) is 4.98 Å². The minimum atomic E-state index is 0.160. The molecule has 1 aliphatic carbocycles. The molecular weight excluding hydrogens is 278 g/mol. The van der Waals surface area contributed by atoms with Crippen molar-refractivity contribution in [2.24, 2.45) is 5.73 Å². The molecule has 0 saturated heterocycles. The van der Waals surface area contributed by atoms with Crippen molar-refractivity contribution in [2.75, 3.05) is 0 Å². The second-order valence-electron chi connectivity index (χ2n) is 4.94. The number of rotatable bonds is 3. The minimum Gasteiger partial charge on any atom is -0.328 e. The van der Waals surface area contributed by atoms with Crippen molar-refractivity contribution in [1.82, 2.24) is 9.55 Å². The first-order valence-electron chi connectivity index (χ1n) is 6.07. The minimum absolute atomic E-state index is 0.160. The normalized spacial score (nSPS) is 17.6. The highest BCUT2D eigenvalue weighted by Crippen LogP contribution is 2.39. The predicted octanol–water partition coefficient (Wildman–Crippen LogP) is 3.02. The lowest BCUT2D eigenvalue weighted by atomic mass is 10.2. The molecule has 1 atom stereocenters. The quantitative estimate of drug-likeness (QED) is 0.945. The van der Waals surface area contributed by atoms with Crippen molar-refractivity contribution in [3.63, 3.8) is 0 Å². The maximum Gasteiger partial charge on any atom is 0.111 e. The Balaban J connectivity index is 2.15. The number of fused-ring (bicyclic) bond motifs is 1. The summed E-state index contributed by atoms with van der Waals surface area (Å²) < 4.78 is 3.46. The summed E-state index contributed by atoms with van der Waals surface area (Å²) in [5.41, 5.74) is 8.22. The number of hydrogen-bond donors (Lipinski definition) is 1. The summed E-state index contributed by atoms with van der Waals surface area (Å²) in [4.78, 5) is 4.73. The number of hydrogen-bond acceptors (Lipinski definition) is 2. The van der Waals surface area contributed by atoms with Gasteiger partial charge in [-0.15, -0.1) is 0 Å². The average molecular weight is 294 g/mol. The monoisotopic (exact) mass is 293 g/mol. The summed E-state index contributed by atoms with van der Waals surface area (Å²) in [5.74, 6) is 1.13. The molecule has 0 radical (unpaired) electrons. The van der Waals surface area contributed by atoms with E-state index in [1.807, 2.05) is 6.92 Å². The molecule has 0 aliphatic heterocycles. The first-order valence-corrected chi connectivity index (χ1v) is 6.86. The van der Waals surface area contributed by atoms with Gasteiger partial charge in [-0.05, 0) is 38.0 Å². The van der Waals surface area contributed by atoms with E-state index in [1.165, 1.54) is 18.4 Å². The molecule has 2 aromatic rings. The zero-order valence-corrected chi connectivity index (χ0v) is 11.4. The third-order valence-corrected chi connectivity index (χ3v) is 3.63. The van der Waals surface area contributed by atoms with Gasteiger partial charge in [-0.1, -0.05) is 15.9 Å². The van der Waals surface area contributed by atoms with Crippen LogP contribution in [-0.4, -0.2) is 15.6 Å². The Labute approximate surface area is 109 Å². The molecule has 17 heavy (non-hydrogen) atoms. The molecule has 1 heterocycles. The molecule has 90 valence electrons. The van der Waals surface area contributed by atoms with E-state index >= 15 is 0 Å². The van der Waals surface area contributed by atoms with Crippen LogP contribution in [0.3, 0.4) is 0 Å². The average Bonchev–Trinajstić information content (AvgIpc) is 3.00. The van der Waals surface area contributed by atoms with Crippen molar-refractivity contribution in [2.45, 2.75) is 38.3 Å². The summed E-state index contributed by atoms with van der Waals surface area (Å²) in [7, 11) is 0. The van der Waals surface area contributed by atoms with Gasteiger partial charge in [0.1, 0.15) is 5.82 Å². The van der Waals surface area contributed by atoms with Gasteiger partial charge >= 0.3 is 0 Å². The van der Waals surface area contributed by atoms with E-state index in [9.17, 15) is 0 Å². The first kappa shape index (κ1) is 11.2. The van der Waals surface area contributed by atoms with Gasteiger partial charge in [-0.2, -0.15) is 0 Å². The van der Waals surface area contributed by atoms with Crippen LogP contribution in [0, 0.1) is 0 Å². The molecular formula is C13H16BrN3. The largest absolute Gasteiger partial charge is 0.328 e. The molecule has 1 fully saturated rings.